The van der Waals surface area contributed by atoms with Crippen molar-refractivity contribution in [1.82, 2.24) is 14.9 Å². The molecule has 0 spiro atoms. The number of aromatic nitrogens is 2. The lowest BCUT2D eigenvalue weighted by atomic mass is 10.1. The highest BCUT2D eigenvalue weighted by atomic mass is 32.2. The van der Waals surface area contributed by atoms with Crippen molar-refractivity contribution in [3.63, 3.8) is 0 Å². The van der Waals surface area contributed by atoms with Crippen LogP contribution in [0, 0.1) is 0 Å². The van der Waals surface area contributed by atoms with E-state index in [0.29, 0.717) is 43.7 Å². The summed E-state index contributed by atoms with van der Waals surface area (Å²) in [6.45, 7) is 1.70. The highest BCUT2D eigenvalue weighted by molar-refractivity contribution is 7.98. The van der Waals surface area contributed by atoms with E-state index in [1.807, 2.05) is 30.3 Å². The molecule has 6 nitrogen and oxygen atoms in total. The number of halogens is 3. The third-order valence-corrected chi connectivity index (χ3v) is 5.70. The predicted octanol–water partition coefficient (Wildman–Crippen LogP) is 3.38. The summed E-state index contributed by atoms with van der Waals surface area (Å²) < 4.78 is 65.6. The highest BCUT2D eigenvalue weighted by Crippen LogP contribution is 2.32. The molecule has 1 aromatic heterocycles. The molecule has 0 radical (unpaired) electrons. The maximum atomic E-state index is 12.7. The topological polar surface area (TPSA) is 72.4 Å². The van der Waals surface area contributed by atoms with Crippen LogP contribution in [-0.4, -0.2) is 41.6 Å². The minimum absolute atomic E-state index is 0.160. The van der Waals surface area contributed by atoms with Crippen molar-refractivity contribution < 1.29 is 25.8 Å². The second-order valence-electron chi connectivity index (χ2n) is 6.22. The summed E-state index contributed by atoms with van der Waals surface area (Å²) in [6.07, 6.45) is 2.60. The van der Waals surface area contributed by atoms with Crippen molar-refractivity contribution in [1.29, 1.82) is 0 Å². The molecule has 152 valence electrons. The normalized spacial score (nSPS) is 15.7. The van der Waals surface area contributed by atoms with Crippen LogP contribution in [0.3, 0.4) is 0 Å². The Balaban J connectivity index is 1.93. The van der Waals surface area contributed by atoms with Gasteiger partial charge in [-0.3, -0.25) is 4.90 Å². The molecule has 2 heterocycles. The van der Waals surface area contributed by atoms with Crippen LogP contribution >= 0.6 is 11.8 Å². The molecule has 0 saturated carbocycles. The second-order valence-corrected chi connectivity index (χ2v) is 8.53. The summed E-state index contributed by atoms with van der Waals surface area (Å²) in [7, 11) is -5.80. The molecular weight excluding hydrogens is 415 g/mol. The minimum Gasteiger partial charge on any atom is -0.355 e. The Labute approximate surface area is 165 Å². The molecule has 0 saturated heterocycles. The molecule has 0 aliphatic carbocycles. The van der Waals surface area contributed by atoms with Crippen LogP contribution in [0.1, 0.15) is 23.2 Å². The molecule has 1 aliphatic heterocycles. The fourth-order valence-electron chi connectivity index (χ4n) is 2.93. The summed E-state index contributed by atoms with van der Waals surface area (Å²) in [4.78, 5) is 10.4. The van der Waals surface area contributed by atoms with E-state index in [1.165, 1.54) is 0 Å². The van der Waals surface area contributed by atoms with Gasteiger partial charge in [-0.2, -0.15) is 26.6 Å². The predicted molar refractivity (Wildman–Crippen MR) is 98.3 cm³/mol. The molecule has 1 aromatic carbocycles. The Kier molecular flexibility index (Phi) is 6.15. The van der Waals surface area contributed by atoms with Gasteiger partial charge in [0.1, 0.15) is 0 Å². The van der Waals surface area contributed by atoms with Crippen molar-refractivity contribution >= 4 is 21.9 Å². The number of thioether (sulfide) groups is 1. The van der Waals surface area contributed by atoms with E-state index in [4.69, 9.17) is 0 Å². The number of alkyl halides is 3. The Morgan fingerprint density at radius 2 is 1.93 bits per heavy atom. The number of hydrogen-bond acceptors (Lipinski definition) is 7. The summed E-state index contributed by atoms with van der Waals surface area (Å²) in [5.41, 5.74) is -3.63. The average molecular weight is 433 g/mol. The van der Waals surface area contributed by atoms with Crippen LogP contribution in [0.4, 0.5) is 13.2 Å². The zero-order valence-electron chi connectivity index (χ0n) is 14.9. The molecule has 0 fully saturated rings. The lowest BCUT2D eigenvalue weighted by Crippen LogP contribution is -2.29. The van der Waals surface area contributed by atoms with Gasteiger partial charge in [-0.05, 0) is 31.2 Å². The fourth-order valence-corrected chi connectivity index (χ4v) is 3.74. The van der Waals surface area contributed by atoms with Gasteiger partial charge in [0.15, 0.2) is 5.16 Å². The Morgan fingerprint density at radius 1 is 1.21 bits per heavy atom. The number of benzene rings is 1. The minimum atomic E-state index is -5.80. The van der Waals surface area contributed by atoms with Crippen molar-refractivity contribution in [2.45, 2.75) is 36.6 Å². The van der Waals surface area contributed by atoms with Crippen LogP contribution in [0.15, 0.2) is 35.5 Å². The fraction of sp³-hybridized carbons (Fsp3) is 0.412. The van der Waals surface area contributed by atoms with Gasteiger partial charge in [-0.25, -0.2) is 4.98 Å². The molecule has 0 atom stereocenters. The van der Waals surface area contributed by atoms with E-state index in [0.717, 1.165) is 17.3 Å². The number of nitrogens with zero attached hydrogens (tertiary/aromatic N) is 3. The van der Waals surface area contributed by atoms with Gasteiger partial charge in [0.05, 0.1) is 5.69 Å². The standard InChI is InChI=1S/C17H18F3N3O3S2/c1-27-16-21-14-11-23(10-12-6-3-2-4-7-12)9-5-8-13(14)15(22-16)26-28(24,25)17(18,19)20/h2-4,6-7H,5,8-11H2,1H3. The average Bonchev–Trinajstić information content (AvgIpc) is 2.83. The number of hydrogen-bond donors (Lipinski definition) is 0. The first kappa shape index (κ1) is 20.9. The zero-order chi connectivity index (χ0) is 20.4. The summed E-state index contributed by atoms with van der Waals surface area (Å²) in [5, 5.41) is 0.160. The second kappa shape index (κ2) is 8.26. The largest absolute Gasteiger partial charge is 0.534 e. The SMILES string of the molecule is CSc1nc2c(c(OS(=O)(=O)C(F)(F)F)n1)CCCN(Cc1ccccc1)C2. The molecule has 0 N–H and O–H groups in total. The molecule has 0 amide bonds. The van der Waals surface area contributed by atoms with E-state index in [1.54, 1.807) is 6.26 Å². The monoisotopic (exact) mass is 433 g/mol. The molecule has 1 aliphatic rings. The smallest absolute Gasteiger partial charge is 0.355 e. The summed E-state index contributed by atoms with van der Waals surface area (Å²) >= 11 is 1.10. The van der Waals surface area contributed by atoms with Crippen molar-refractivity contribution in [3.8, 4) is 5.88 Å². The van der Waals surface area contributed by atoms with Gasteiger partial charge in [-0.1, -0.05) is 42.1 Å². The Hall–Kier alpha value is -1.85. The maximum Gasteiger partial charge on any atom is 0.534 e. The first-order chi connectivity index (χ1) is 13.2. The highest BCUT2D eigenvalue weighted by Gasteiger charge is 2.49. The third-order valence-electron chi connectivity index (χ3n) is 4.21. The molecule has 0 bridgehead atoms. The first-order valence-corrected chi connectivity index (χ1v) is 11.0. The lowest BCUT2D eigenvalue weighted by molar-refractivity contribution is -0.0501. The maximum absolute atomic E-state index is 12.7. The van der Waals surface area contributed by atoms with E-state index >= 15 is 0 Å². The van der Waals surface area contributed by atoms with Gasteiger partial charge < -0.3 is 4.18 Å². The van der Waals surface area contributed by atoms with Crippen LogP contribution in [0.5, 0.6) is 5.88 Å². The molecule has 2 aromatic rings. The molecule has 0 unspecified atom stereocenters. The number of fused-ring (bicyclic) bond motifs is 1. The Morgan fingerprint density at radius 3 is 2.57 bits per heavy atom. The van der Waals surface area contributed by atoms with Crippen LogP contribution < -0.4 is 4.18 Å². The van der Waals surface area contributed by atoms with Crippen molar-refractivity contribution in [2.75, 3.05) is 12.8 Å². The molecule has 11 heteroatoms. The van der Waals surface area contributed by atoms with Crippen LogP contribution in [-0.2, 0) is 29.6 Å². The molecule has 3 rings (SSSR count). The van der Waals surface area contributed by atoms with Gasteiger partial charge in [0, 0.05) is 18.7 Å². The number of rotatable bonds is 5. The van der Waals surface area contributed by atoms with Crippen molar-refractivity contribution in [2.24, 2.45) is 0 Å². The van der Waals surface area contributed by atoms with E-state index in [-0.39, 0.29) is 5.16 Å². The van der Waals surface area contributed by atoms with Gasteiger partial charge in [-0.15, -0.1) is 0 Å². The lowest BCUT2D eigenvalue weighted by Gasteiger charge is -2.20. The van der Waals surface area contributed by atoms with E-state index in [2.05, 4.69) is 19.1 Å². The Bertz CT molecular complexity index is 938. The van der Waals surface area contributed by atoms with Gasteiger partial charge in [0.25, 0.3) is 0 Å². The van der Waals surface area contributed by atoms with Crippen LogP contribution in [0.25, 0.3) is 0 Å². The molecular formula is C17H18F3N3O3S2. The van der Waals surface area contributed by atoms with Crippen molar-refractivity contribution in [3.05, 3.63) is 47.2 Å². The third kappa shape index (κ3) is 4.76. The summed E-state index contributed by atoms with van der Waals surface area (Å²) in [6, 6.07) is 9.77. The first-order valence-electron chi connectivity index (χ1n) is 8.40. The quantitative estimate of drug-likeness (QED) is 0.310. The van der Waals surface area contributed by atoms with Gasteiger partial charge in [0.2, 0.25) is 5.88 Å². The zero-order valence-corrected chi connectivity index (χ0v) is 16.6. The van der Waals surface area contributed by atoms with E-state index < -0.39 is 21.5 Å². The van der Waals surface area contributed by atoms with Gasteiger partial charge >= 0.3 is 15.6 Å². The molecule has 28 heavy (non-hydrogen) atoms. The summed E-state index contributed by atoms with van der Waals surface area (Å²) in [5.74, 6) is -0.534. The van der Waals surface area contributed by atoms with Crippen LogP contribution in [0.2, 0.25) is 0 Å². The van der Waals surface area contributed by atoms with E-state index in [9.17, 15) is 21.6 Å².